The molecule has 5 heteroatoms. The molecule has 0 bridgehead atoms. The molecule has 0 saturated heterocycles. The molecular formula is C17H34NO4+. The van der Waals surface area contributed by atoms with Crippen LogP contribution in [0.4, 0.5) is 0 Å². The summed E-state index contributed by atoms with van der Waals surface area (Å²) in [5, 5.41) is 18.3. The second-order valence-electron chi connectivity index (χ2n) is 6.94. The van der Waals surface area contributed by atoms with Crippen LogP contribution in [0.5, 0.6) is 0 Å². The standard InChI is InChI=1S/C17H33NO4/c1-4-5-6-7-8-9-10-11-15(19)13-18(2,3)14-16(20)12-17(21)22/h16,20H,4-14H2,1-3H3/p+1. The first-order chi connectivity index (χ1) is 10.3. The van der Waals surface area contributed by atoms with Gasteiger partial charge in [-0.2, -0.15) is 0 Å². The molecule has 22 heavy (non-hydrogen) atoms. The molecule has 2 N–H and O–H groups in total. The van der Waals surface area contributed by atoms with Crippen LogP contribution in [-0.2, 0) is 9.59 Å². The van der Waals surface area contributed by atoms with Gasteiger partial charge in [0.15, 0.2) is 5.78 Å². The topological polar surface area (TPSA) is 74.6 Å². The molecule has 0 saturated carbocycles. The first kappa shape index (κ1) is 21.1. The number of ketones is 1. The largest absolute Gasteiger partial charge is 0.481 e. The van der Waals surface area contributed by atoms with E-state index >= 15 is 0 Å². The normalized spacial score (nSPS) is 13.1. The van der Waals surface area contributed by atoms with Gasteiger partial charge in [-0.25, -0.2) is 0 Å². The molecule has 0 rings (SSSR count). The zero-order chi connectivity index (χ0) is 17.0. The van der Waals surface area contributed by atoms with Crippen molar-refractivity contribution in [1.82, 2.24) is 0 Å². The summed E-state index contributed by atoms with van der Waals surface area (Å²) in [6, 6.07) is 0. The van der Waals surface area contributed by atoms with E-state index in [1.807, 2.05) is 14.1 Å². The number of aliphatic hydroxyl groups is 1. The van der Waals surface area contributed by atoms with Crippen molar-refractivity contribution < 1.29 is 24.3 Å². The fraction of sp³-hybridized carbons (Fsp3) is 0.882. The van der Waals surface area contributed by atoms with Gasteiger partial charge < -0.3 is 14.7 Å². The van der Waals surface area contributed by atoms with Gasteiger partial charge in [0.1, 0.15) is 19.2 Å². The molecule has 0 aromatic carbocycles. The highest BCUT2D eigenvalue weighted by atomic mass is 16.4. The Morgan fingerprint density at radius 1 is 1.00 bits per heavy atom. The van der Waals surface area contributed by atoms with Crippen LogP contribution in [0.1, 0.15) is 64.7 Å². The number of hydrogen-bond acceptors (Lipinski definition) is 3. The number of aliphatic hydroxyl groups excluding tert-OH is 1. The van der Waals surface area contributed by atoms with Crippen LogP contribution >= 0.6 is 0 Å². The van der Waals surface area contributed by atoms with Crippen molar-refractivity contribution in [3.63, 3.8) is 0 Å². The summed E-state index contributed by atoms with van der Waals surface area (Å²) < 4.78 is 0.337. The lowest BCUT2D eigenvalue weighted by Gasteiger charge is -2.30. The monoisotopic (exact) mass is 316 g/mol. The smallest absolute Gasteiger partial charge is 0.306 e. The molecule has 0 aromatic heterocycles. The maximum Gasteiger partial charge on any atom is 0.306 e. The van der Waals surface area contributed by atoms with Gasteiger partial charge in [-0.05, 0) is 6.42 Å². The summed E-state index contributed by atoms with van der Waals surface area (Å²) in [6.07, 6.45) is 7.73. The van der Waals surface area contributed by atoms with Gasteiger partial charge in [0.2, 0.25) is 0 Å². The van der Waals surface area contributed by atoms with Crippen LogP contribution in [0.3, 0.4) is 0 Å². The molecule has 0 radical (unpaired) electrons. The quantitative estimate of drug-likeness (QED) is 0.381. The summed E-state index contributed by atoms with van der Waals surface area (Å²) in [6.45, 7) is 2.84. The Morgan fingerprint density at radius 3 is 2.09 bits per heavy atom. The highest BCUT2D eigenvalue weighted by Gasteiger charge is 2.24. The van der Waals surface area contributed by atoms with Gasteiger partial charge in [-0.1, -0.05) is 45.4 Å². The van der Waals surface area contributed by atoms with Gasteiger partial charge in [0.05, 0.1) is 20.5 Å². The van der Waals surface area contributed by atoms with Crippen LogP contribution in [0, 0.1) is 0 Å². The Balaban J connectivity index is 3.81. The minimum Gasteiger partial charge on any atom is -0.481 e. The van der Waals surface area contributed by atoms with Crippen molar-refractivity contribution >= 4 is 11.8 Å². The zero-order valence-electron chi connectivity index (χ0n) is 14.5. The maximum absolute atomic E-state index is 12.0. The molecule has 0 amide bonds. The molecule has 1 unspecified atom stereocenters. The van der Waals surface area contributed by atoms with E-state index in [0.717, 1.165) is 12.8 Å². The fourth-order valence-corrected chi connectivity index (χ4v) is 2.74. The molecule has 0 aliphatic rings. The number of nitrogens with zero attached hydrogens (tertiary/aromatic N) is 1. The Hall–Kier alpha value is -0.940. The molecule has 0 fully saturated rings. The minimum atomic E-state index is -1.01. The van der Waals surface area contributed by atoms with Crippen molar-refractivity contribution in [3.05, 3.63) is 0 Å². The third-order valence-corrected chi connectivity index (χ3v) is 3.78. The Morgan fingerprint density at radius 2 is 1.55 bits per heavy atom. The van der Waals surface area contributed by atoms with Gasteiger partial charge in [0.25, 0.3) is 0 Å². The lowest BCUT2D eigenvalue weighted by molar-refractivity contribution is -0.885. The Labute approximate surface area is 134 Å². The van der Waals surface area contributed by atoms with Crippen LogP contribution in [-0.4, -0.2) is 59.7 Å². The van der Waals surface area contributed by atoms with E-state index in [1.165, 1.54) is 32.1 Å². The zero-order valence-corrected chi connectivity index (χ0v) is 14.5. The number of carbonyl (C=O) groups excluding carboxylic acids is 1. The third-order valence-electron chi connectivity index (χ3n) is 3.78. The Bertz CT molecular complexity index is 329. The third kappa shape index (κ3) is 12.8. The molecule has 0 aliphatic heterocycles. The van der Waals surface area contributed by atoms with E-state index < -0.39 is 12.1 Å². The van der Waals surface area contributed by atoms with Crippen molar-refractivity contribution in [3.8, 4) is 0 Å². The molecular weight excluding hydrogens is 282 g/mol. The minimum absolute atomic E-state index is 0.195. The molecule has 130 valence electrons. The number of carboxylic acid groups (broad SMARTS) is 1. The maximum atomic E-state index is 12.0. The molecule has 0 heterocycles. The van der Waals surface area contributed by atoms with Crippen LogP contribution in [0.2, 0.25) is 0 Å². The van der Waals surface area contributed by atoms with Gasteiger partial charge >= 0.3 is 5.97 Å². The van der Waals surface area contributed by atoms with Gasteiger partial charge in [-0.3, -0.25) is 9.59 Å². The first-order valence-electron chi connectivity index (χ1n) is 8.50. The molecule has 0 aliphatic carbocycles. The number of unbranched alkanes of at least 4 members (excludes halogenated alkanes) is 6. The lowest BCUT2D eigenvalue weighted by atomic mass is 10.1. The van der Waals surface area contributed by atoms with Gasteiger partial charge in [0, 0.05) is 6.42 Å². The van der Waals surface area contributed by atoms with E-state index in [4.69, 9.17) is 5.11 Å². The number of carboxylic acids is 1. The predicted octanol–water partition coefficient (Wildman–Crippen LogP) is 2.61. The van der Waals surface area contributed by atoms with E-state index in [9.17, 15) is 14.7 Å². The highest BCUT2D eigenvalue weighted by molar-refractivity contribution is 5.79. The number of quaternary nitrogens is 1. The number of rotatable bonds is 14. The van der Waals surface area contributed by atoms with Crippen LogP contribution in [0.15, 0.2) is 0 Å². The van der Waals surface area contributed by atoms with Crippen molar-refractivity contribution in [1.29, 1.82) is 0 Å². The molecule has 1 atom stereocenters. The summed E-state index contributed by atoms with van der Waals surface area (Å²) >= 11 is 0. The number of likely N-dealkylation sites (N-methyl/N-ethyl adjacent to an activating group) is 1. The van der Waals surface area contributed by atoms with Crippen molar-refractivity contribution in [2.45, 2.75) is 70.8 Å². The van der Waals surface area contributed by atoms with Crippen LogP contribution < -0.4 is 0 Å². The number of aliphatic carboxylic acids is 1. The second-order valence-corrected chi connectivity index (χ2v) is 6.94. The number of carbonyl (C=O) groups is 2. The van der Waals surface area contributed by atoms with E-state index in [0.29, 0.717) is 17.4 Å². The van der Waals surface area contributed by atoms with Gasteiger partial charge in [-0.15, -0.1) is 0 Å². The number of Topliss-reactive ketones (excluding diaryl/α,β-unsaturated/α-hetero) is 1. The Kier molecular flexibility index (Phi) is 11.1. The van der Waals surface area contributed by atoms with Crippen molar-refractivity contribution in [2.24, 2.45) is 0 Å². The van der Waals surface area contributed by atoms with Crippen LogP contribution in [0.25, 0.3) is 0 Å². The SMILES string of the molecule is CCCCCCCCCC(=O)C[N+](C)(C)CC(O)CC(=O)O. The average Bonchev–Trinajstić information content (AvgIpc) is 2.35. The molecule has 0 spiro atoms. The van der Waals surface area contributed by atoms with E-state index in [1.54, 1.807) is 0 Å². The number of hydrogen-bond donors (Lipinski definition) is 2. The van der Waals surface area contributed by atoms with E-state index in [-0.39, 0.29) is 18.7 Å². The van der Waals surface area contributed by atoms with E-state index in [2.05, 4.69) is 6.92 Å². The predicted molar refractivity (Wildman–Crippen MR) is 87.7 cm³/mol. The second kappa shape index (κ2) is 11.6. The summed E-state index contributed by atoms with van der Waals surface area (Å²) in [5.41, 5.74) is 0. The molecule has 0 aromatic rings. The van der Waals surface area contributed by atoms with Crippen molar-refractivity contribution in [2.75, 3.05) is 27.2 Å². The summed E-state index contributed by atoms with van der Waals surface area (Å²) in [4.78, 5) is 22.5. The first-order valence-corrected chi connectivity index (χ1v) is 8.50. The summed E-state index contributed by atoms with van der Waals surface area (Å²) in [7, 11) is 3.71. The lowest BCUT2D eigenvalue weighted by Crippen LogP contribution is -2.48. The summed E-state index contributed by atoms with van der Waals surface area (Å²) in [5.74, 6) is -0.817. The fourth-order valence-electron chi connectivity index (χ4n) is 2.74. The molecule has 5 nitrogen and oxygen atoms in total. The highest BCUT2D eigenvalue weighted by Crippen LogP contribution is 2.10. The average molecular weight is 316 g/mol.